The van der Waals surface area contributed by atoms with Gasteiger partial charge in [0.05, 0.1) is 35.8 Å². The van der Waals surface area contributed by atoms with E-state index in [9.17, 15) is 19.2 Å². The molecule has 2 aromatic carbocycles. The van der Waals surface area contributed by atoms with Gasteiger partial charge in [0.25, 0.3) is 5.91 Å². The number of benzene rings is 2. The number of fused-ring (bicyclic) bond motifs is 9. The van der Waals surface area contributed by atoms with Gasteiger partial charge in [-0.2, -0.15) is 0 Å². The minimum atomic E-state index is -0.427. The van der Waals surface area contributed by atoms with E-state index in [1.54, 1.807) is 40.9 Å². The summed E-state index contributed by atoms with van der Waals surface area (Å²) in [4.78, 5) is 60.5. The molecule has 228 valence electrons. The lowest BCUT2D eigenvalue weighted by Gasteiger charge is -2.43. The second-order valence-electron chi connectivity index (χ2n) is 11.9. The summed E-state index contributed by atoms with van der Waals surface area (Å²) in [6, 6.07) is 12.6. The lowest BCUT2D eigenvalue weighted by molar-refractivity contribution is -0.137. The van der Waals surface area contributed by atoms with Crippen LogP contribution in [0.4, 0.5) is 5.69 Å². The number of carbonyl (C=O) groups is 3. The fourth-order valence-electron chi connectivity index (χ4n) is 8.15. The number of hydrogen-bond donors (Lipinski definition) is 1. The first kappa shape index (κ1) is 28.8. The monoisotopic (exact) mass is 715 g/mol. The number of hydrogen-bond acceptors (Lipinski definition) is 8. The van der Waals surface area contributed by atoms with Crippen molar-refractivity contribution in [2.75, 3.05) is 37.8 Å². The zero-order chi connectivity index (χ0) is 30.3. The molecule has 3 aliphatic heterocycles. The summed E-state index contributed by atoms with van der Waals surface area (Å²) in [7, 11) is 0. The molecule has 44 heavy (non-hydrogen) atoms. The maximum Gasteiger partial charge on any atom is 0.305 e. The van der Waals surface area contributed by atoms with E-state index in [0.29, 0.717) is 42.8 Å². The van der Waals surface area contributed by atoms with E-state index in [1.807, 2.05) is 18.2 Å². The van der Waals surface area contributed by atoms with E-state index in [1.165, 1.54) is 16.2 Å². The van der Waals surface area contributed by atoms with Crippen molar-refractivity contribution >= 4 is 74.0 Å². The number of amides is 3. The second kappa shape index (κ2) is 11.0. The Morgan fingerprint density at radius 3 is 2.52 bits per heavy atom. The molecule has 2 saturated heterocycles. The zero-order valence-corrected chi connectivity index (χ0v) is 27.2. The molecule has 4 fully saturated rings. The molecule has 8 rings (SSSR count). The molecule has 7 atom stereocenters. The lowest BCUT2D eigenvalue weighted by Crippen LogP contribution is -2.43. The highest BCUT2D eigenvalue weighted by atomic mass is 79.9. The van der Waals surface area contributed by atoms with Crippen LogP contribution in [0.2, 0.25) is 5.02 Å². The van der Waals surface area contributed by atoms with Gasteiger partial charge in [-0.3, -0.25) is 24.1 Å². The van der Waals surface area contributed by atoms with Crippen molar-refractivity contribution in [3.63, 3.8) is 0 Å². The number of rotatable bonds is 5. The molecule has 0 unspecified atom stereocenters. The fourth-order valence-corrected chi connectivity index (χ4v) is 11.5. The number of morpholine rings is 1. The molecule has 9 nitrogen and oxygen atoms in total. The number of anilines is 1. The molecule has 3 aromatic rings. The van der Waals surface area contributed by atoms with Gasteiger partial charge in [0.15, 0.2) is 6.61 Å². The van der Waals surface area contributed by atoms with Crippen molar-refractivity contribution in [2.45, 2.75) is 22.6 Å². The molecular weight excluding hydrogens is 690 g/mol. The maximum absolute atomic E-state index is 14.0. The summed E-state index contributed by atoms with van der Waals surface area (Å²) < 4.78 is 12.5. The van der Waals surface area contributed by atoms with Crippen molar-refractivity contribution < 1.29 is 23.9 Å². The van der Waals surface area contributed by atoms with Gasteiger partial charge in [-0.25, -0.2) is 0 Å². The van der Waals surface area contributed by atoms with Crippen molar-refractivity contribution in [1.82, 2.24) is 9.88 Å². The van der Waals surface area contributed by atoms with Crippen molar-refractivity contribution in [1.29, 1.82) is 0 Å². The summed E-state index contributed by atoms with van der Waals surface area (Å²) >= 11 is 12.8. The van der Waals surface area contributed by atoms with Crippen LogP contribution in [0.5, 0.6) is 5.75 Å². The van der Waals surface area contributed by atoms with E-state index >= 15 is 0 Å². The first-order valence-corrected chi connectivity index (χ1v) is 17.5. The molecule has 2 bridgehead atoms. The number of H-pyrrole nitrogens is 1. The molecule has 2 saturated carbocycles. The van der Waals surface area contributed by atoms with Gasteiger partial charge >= 0.3 is 4.87 Å². The highest BCUT2D eigenvalue weighted by Gasteiger charge is 2.69. The highest BCUT2D eigenvalue weighted by Crippen LogP contribution is 2.69. The second-order valence-corrected chi connectivity index (χ2v) is 15.5. The summed E-state index contributed by atoms with van der Waals surface area (Å²) in [5.74, 6) is -1.07. The van der Waals surface area contributed by atoms with Crippen LogP contribution in [0.1, 0.15) is 22.8 Å². The fraction of sp³-hybridized carbons (Fsp3) is 0.419. The molecule has 3 amide bonds. The molecule has 13 heteroatoms. The molecule has 5 aliphatic rings. The molecule has 2 aliphatic carbocycles. The Labute approximate surface area is 274 Å². The van der Waals surface area contributed by atoms with Crippen LogP contribution in [-0.4, -0.2) is 65.8 Å². The molecule has 1 aromatic heterocycles. The smallest absolute Gasteiger partial charge is 0.305 e. The number of carbonyl (C=O) groups excluding carboxylic acids is 3. The SMILES string of the molecule is O=C(COc1ccc(Cl)cc1[C@@H]1c2sc(=O)[nH]c2S[C@@H]2[C@@H]3C[C@@H]([C@@H]4C(=O)N(c5ccc(Br)cc5)C(=O)[C@@H]34)[C@H]12)N1CCOCC1. The van der Waals surface area contributed by atoms with Crippen LogP contribution in [0.15, 0.2) is 56.8 Å². The summed E-state index contributed by atoms with van der Waals surface area (Å²) in [6.45, 7) is 1.92. The van der Waals surface area contributed by atoms with Crippen LogP contribution in [0, 0.1) is 29.6 Å². The normalized spacial score (nSPS) is 30.4. The number of aromatic amines is 1. The Morgan fingerprint density at radius 2 is 1.77 bits per heavy atom. The quantitative estimate of drug-likeness (QED) is 0.379. The van der Waals surface area contributed by atoms with Crippen LogP contribution in [0.3, 0.4) is 0 Å². The Morgan fingerprint density at radius 1 is 1.05 bits per heavy atom. The van der Waals surface area contributed by atoms with Gasteiger partial charge in [-0.15, -0.1) is 11.8 Å². The van der Waals surface area contributed by atoms with E-state index in [2.05, 4.69) is 20.9 Å². The van der Waals surface area contributed by atoms with E-state index in [4.69, 9.17) is 21.1 Å². The Balaban J connectivity index is 1.16. The van der Waals surface area contributed by atoms with Crippen LogP contribution < -0.4 is 14.5 Å². The number of thiazole rings is 1. The van der Waals surface area contributed by atoms with Gasteiger partial charge in [0.1, 0.15) is 5.75 Å². The van der Waals surface area contributed by atoms with Gasteiger partial charge in [0.2, 0.25) is 11.8 Å². The van der Waals surface area contributed by atoms with E-state index in [0.717, 1.165) is 26.4 Å². The van der Waals surface area contributed by atoms with Crippen molar-refractivity contribution in [3.8, 4) is 5.75 Å². The molecular formula is C31H27BrClN3O6S2. The number of thioether (sulfide) groups is 1. The largest absolute Gasteiger partial charge is 0.483 e. The third-order valence-electron chi connectivity index (χ3n) is 9.83. The topological polar surface area (TPSA) is 109 Å². The minimum Gasteiger partial charge on any atom is -0.483 e. The minimum absolute atomic E-state index is 0.0117. The van der Waals surface area contributed by atoms with Crippen LogP contribution >= 0.6 is 50.6 Å². The predicted octanol–water partition coefficient (Wildman–Crippen LogP) is 4.77. The number of halogens is 2. The first-order chi connectivity index (χ1) is 21.3. The number of aromatic nitrogens is 1. The van der Waals surface area contributed by atoms with Gasteiger partial charge in [0, 0.05) is 44.2 Å². The van der Waals surface area contributed by atoms with Crippen molar-refractivity contribution in [3.05, 3.63) is 72.1 Å². The molecule has 0 spiro atoms. The number of nitrogens with one attached hydrogen (secondary N) is 1. The molecule has 0 radical (unpaired) electrons. The van der Waals surface area contributed by atoms with E-state index < -0.39 is 11.8 Å². The standard InChI is InChI=1S/C31H27BrClN3O6S2/c32-14-1-4-16(5-2-14)36-29(38)24-18-12-19(25(24)30(36)39)26-23(18)22(27-28(43-26)34-31(40)44-27)17-11-15(33)3-6-20(17)42-13-21(37)35-7-9-41-10-8-35/h1-6,11,18-19,22-26H,7-10,12-13H2,(H,34,40)/t18-,19-,22+,23-,24+,25+,26-/m1/s1. The summed E-state index contributed by atoms with van der Waals surface area (Å²) in [5, 5.41) is 1.33. The highest BCUT2D eigenvalue weighted by molar-refractivity contribution is 9.10. The zero-order valence-electron chi connectivity index (χ0n) is 23.2. The van der Waals surface area contributed by atoms with Gasteiger partial charge in [-0.1, -0.05) is 38.9 Å². The average Bonchev–Trinajstić information content (AvgIpc) is 3.76. The number of nitrogens with zero attached hydrogens (tertiary/aromatic N) is 2. The number of ether oxygens (including phenoxy) is 2. The van der Waals surface area contributed by atoms with Gasteiger partial charge < -0.3 is 19.4 Å². The van der Waals surface area contributed by atoms with Gasteiger partial charge in [-0.05, 0) is 66.6 Å². The predicted molar refractivity (Wildman–Crippen MR) is 169 cm³/mol. The maximum atomic E-state index is 14.0. The Kier molecular flexibility index (Phi) is 7.21. The summed E-state index contributed by atoms with van der Waals surface area (Å²) in [5.41, 5.74) is 1.38. The number of imide groups is 1. The van der Waals surface area contributed by atoms with Crippen LogP contribution in [0.25, 0.3) is 0 Å². The van der Waals surface area contributed by atoms with E-state index in [-0.39, 0.29) is 58.1 Å². The average molecular weight is 717 g/mol. The Bertz CT molecular complexity index is 1740. The Hall–Kier alpha value is -2.64. The van der Waals surface area contributed by atoms with Crippen molar-refractivity contribution in [2.24, 2.45) is 29.6 Å². The first-order valence-electron chi connectivity index (χ1n) is 14.6. The third kappa shape index (κ3) is 4.51. The van der Waals surface area contributed by atoms with Crippen LogP contribution in [-0.2, 0) is 19.1 Å². The molecule has 1 N–H and O–H groups in total. The lowest BCUT2D eigenvalue weighted by atomic mass is 9.68. The summed E-state index contributed by atoms with van der Waals surface area (Å²) in [6.07, 6.45) is 0.769. The molecule has 4 heterocycles. The third-order valence-corrected chi connectivity index (χ3v) is 13.2.